The number of carbonyl (C=O) groups is 2. The van der Waals surface area contributed by atoms with Crippen molar-refractivity contribution in [2.75, 3.05) is 46.4 Å². The van der Waals surface area contributed by atoms with Crippen molar-refractivity contribution in [3.8, 4) is 17.2 Å². The molecule has 162 valence electrons. The predicted molar refractivity (Wildman–Crippen MR) is 115 cm³/mol. The minimum absolute atomic E-state index is 0.0911. The summed E-state index contributed by atoms with van der Waals surface area (Å²) in [7, 11) is 6.51. The van der Waals surface area contributed by atoms with E-state index < -0.39 is 5.91 Å². The molecule has 2 amide bonds. The molecular formula is C22H29N3O5. The third-order valence-corrected chi connectivity index (χ3v) is 4.58. The number of primary amides is 1. The maximum Gasteiger partial charge on any atom is 0.241 e. The van der Waals surface area contributed by atoms with Gasteiger partial charge < -0.3 is 24.8 Å². The van der Waals surface area contributed by atoms with Crippen LogP contribution in [0.2, 0.25) is 0 Å². The lowest BCUT2D eigenvalue weighted by atomic mass is 10.1. The largest absolute Gasteiger partial charge is 0.493 e. The summed E-state index contributed by atoms with van der Waals surface area (Å²) in [5.74, 6) is 1.05. The number of methoxy groups -OCH3 is 3. The number of likely N-dealkylation sites (N-methyl/N-ethyl adjacent to an activating group) is 1. The number of nitrogens with zero attached hydrogens (tertiary/aromatic N) is 2. The van der Waals surface area contributed by atoms with E-state index >= 15 is 0 Å². The SMILES string of the molecule is COc1ccc(CN(C)CC(=O)N(CCC(N)=O)c2ccccc2)c(OC)c1OC. The summed E-state index contributed by atoms with van der Waals surface area (Å²) >= 11 is 0. The summed E-state index contributed by atoms with van der Waals surface area (Å²) in [6.07, 6.45) is 0.0911. The van der Waals surface area contributed by atoms with Crippen molar-refractivity contribution in [3.63, 3.8) is 0 Å². The second-order valence-corrected chi connectivity index (χ2v) is 6.76. The molecule has 0 bridgehead atoms. The zero-order valence-electron chi connectivity index (χ0n) is 17.9. The summed E-state index contributed by atoms with van der Waals surface area (Å²) in [6, 6.07) is 12.9. The van der Waals surface area contributed by atoms with Gasteiger partial charge in [0.1, 0.15) is 0 Å². The van der Waals surface area contributed by atoms with Crippen LogP contribution in [-0.4, -0.2) is 58.2 Å². The summed E-state index contributed by atoms with van der Waals surface area (Å²) in [5.41, 5.74) is 6.86. The highest BCUT2D eigenvalue weighted by atomic mass is 16.5. The van der Waals surface area contributed by atoms with Gasteiger partial charge in [0.05, 0.1) is 27.9 Å². The highest BCUT2D eigenvalue weighted by Crippen LogP contribution is 2.40. The van der Waals surface area contributed by atoms with E-state index in [-0.39, 0.29) is 25.4 Å². The number of rotatable bonds is 11. The zero-order chi connectivity index (χ0) is 22.1. The van der Waals surface area contributed by atoms with Crippen LogP contribution in [0.3, 0.4) is 0 Å². The quantitative estimate of drug-likeness (QED) is 0.604. The number of hydrogen-bond donors (Lipinski definition) is 1. The van der Waals surface area contributed by atoms with Crippen molar-refractivity contribution in [2.24, 2.45) is 5.73 Å². The molecule has 0 atom stereocenters. The highest BCUT2D eigenvalue weighted by Gasteiger charge is 2.21. The maximum absolute atomic E-state index is 13.0. The minimum Gasteiger partial charge on any atom is -0.493 e. The van der Waals surface area contributed by atoms with Crippen LogP contribution < -0.4 is 24.8 Å². The average molecular weight is 415 g/mol. The van der Waals surface area contributed by atoms with Crippen LogP contribution >= 0.6 is 0 Å². The number of anilines is 1. The van der Waals surface area contributed by atoms with Gasteiger partial charge in [0.15, 0.2) is 11.5 Å². The minimum atomic E-state index is -0.452. The Bertz CT molecular complexity index is 857. The molecule has 2 aromatic carbocycles. The number of benzene rings is 2. The summed E-state index contributed by atoms with van der Waals surface area (Å²) in [5, 5.41) is 0. The van der Waals surface area contributed by atoms with Gasteiger partial charge in [0.25, 0.3) is 0 Å². The van der Waals surface area contributed by atoms with E-state index in [0.29, 0.717) is 23.8 Å². The molecule has 8 nitrogen and oxygen atoms in total. The smallest absolute Gasteiger partial charge is 0.241 e. The Morgan fingerprint density at radius 2 is 1.60 bits per heavy atom. The Labute approximate surface area is 177 Å². The number of hydrogen-bond acceptors (Lipinski definition) is 6. The van der Waals surface area contributed by atoms with Crippen molar-refractivity contribution in [2.45, 2.75) is 13.0 Å². The fourth-order valence-electron chi connectivity index (χ4n) is 3.18. The van der Waals surface area contributed by atoms with E-state index in [2.05, 4.69) is 0 Å². The van der Waals surface area contributed by atoms with Gasteiger partial charge in [-0.1, -0.05) is 24.3 Å². The van der Waals surface area contributed by atoms with Crippen molar-refractivity contribution in [1.82, 2.24) is 4.90 Å². The first-order valence-electron chi connectivity index (χ1n) is 9.51. The van der Waals surface area contributed by atoms with E-state index in [1.165, 1.54) is 0 Å². The standard InChI is InChI=1S/C22H29N3O5/c1-24(14-16-10-11-18(28-2)22(30-4)21(16)29-3)15-20(27)25(13-12-19(23)26)17-8-6-5-7-9-17/h5-11H,12-15H2,1-4H3,(H2,23,26). The molecular weight excluding hydrogens is 386 g/mol. The number of para-hydroxylation sites is 1. The lowest BCUT2D eigenvalue weighted by Gasteiger charge is -2.26. The van der Waals surface area contributed by atoms with Gasteiger partial charge in [0, 0.05) is 30.8 Å². The third-order valence-electron chi connectivity index (χ3n) is 4.58. The molecule has 0 spiro atoms. The Hall–Kier alpha value is -3.26. The number of ether oxygens (including phenoxy) is 3. The first-order valence-corrected chi connectivity index (χ1v) is 9.51. The molecule has 0 aliphatic carbocycles. The van der Waals surface area contributed by atoms with Gasteiger partial charge in [-0.05, 0) is 25.2 Å². The van der Waals surface area contributed by atoms with E-state index in [0.717, 1.165) is 11.3 Å². The summed E-state index contributed by atoms with van der Waals surface area (Å²) in [4.78, 5) is 27.7. The molecule has 0 fully saturated rings. The van der Waals surface area contributed by atoms with Gasteiger partial charge >= 0.3 is 0 Å². The zero-order valence-corrected chi connectivity index (χ0v) is 17.9. The van der Waals surface area contributed by atoms with E-state index in [1.807, 2.05) is 48.3 Å². The molecule has 2 N–H and O–H groups in total. The summed E-state index contributed by atoms with van der Waals surface area (Å²) < 4.78 is 16.3. The second kappa shape index (κ2) is 11.1. The molecule has 8 heteroatoms. The Morgan fingerprint density at radius 1 is 0.933 bits per heavy atom. The van der Waals surface area contributed by atoms with Crippen LogP contribution in [0.1, 0.15) is 12.0 Å². The van der Waals surface area contributed by atoms with Gasteiger partial charge in [-0.25, -0.2) is 0 Å². The molecule has 0 saturated carbocycles. The van der Waals surface area contributed by atoms with Crippen LogP contribution in [0.4, 0.5) is 5.69 Å². The fraction of sp³-hybridized carbons (Fsp3) is 0.364. The molecule has 0 unspecified atom stereocenters. The first-order chi connectivity index (χ1) is 14.4. The van der Waals surface area contributed by atoms with Gasteiger partial charge in [-0.2, -0.15) is 0 Å². The maximum atomic E-state index is 13.0. The molecule has 2 aromatic rings. The predicted octanol–water partition coefficient (Wildman–Crippen LogP) is 2.05. The number of amides is 2. The Kier molecular flexibility index (Phi) is 8.49. The molecule has 0 aliphatic heterocycles. The lowest BCUT2D eigenvalue weighted by Crippen LogP contribution is -2.40. The molecule has 0 saturated heterocycles. The van der Waals surface area contributed by atoms with E-state index in [9.17, 15) is 9.59 Å². The van der Waals surface area contributed by atoms with Crippen LogP contribution in [0.25, 0.3) is 0 Å². The van der Waals surface area contributed by atoms with Crippen molar-refractivity contribution in [1.29, 1.82) is 0 Å². The van der Waals surface area contributed by atoms with Gasteiger partial charge in [-0.3, -0.25) is 14.5 Å². The molecule has 0 aliphatic rings. The molecule has 0 aromatic heterocycles. The number of nitrogens with two attached hydrogens (primary N) is 1. The molecule has 0 heterocycles. The third kappa shape index (κ3) is 5.87. The van der Waals surface area contributed by atoms with E-state index in [1.54, 1.807) is 32.3 Å². The average Bonchev–Trinajstić information content (AvgIpc) is 2.73. The second-order valence-electron chi connectivity index (χ2n) is 6.76. The van der Waals surface area contributed by atoms with Gasteiger partial charge in [0.2, 0.25) is 17.6 Å². The monoisotopic (exact) mass is 415 g/mol. The normalized spacial score (nSPS) is 10.6. The van der Waals surface area contributed by atoms with Crippen LogP contribution in [0, 0.1) is 0 Å². The van der Waals surface area contributed by atoms with Crippen LogP contribution in [-0.2, 0) is 16.1 Å². The van der Waals surface area contributed by atoms with Crippen molar-refractivity contribution in [3.05, 3.63) is 48.0 Å². The number of carbonyl (C=O) groups excluding carboxylic acids is 2. The Balaban J connectivity index is 2.16. The van der Waals surface area contributed by atoms with E-state index in [4.69, 9.17) is 19.9 Å². The topological polar surface area (TPSA) is 94.3 Å². The molecule has 30 heavy (non-hydrogen) atoms. The lowest BCUT2D eigenvalue weighted by molar-refractivity contribution is -0.120. The first kappa shape index (κ1) is 23.0. The van der Waals surface area contributed by atoms with Gasteiger partial charge in [-0.15, -0.1) is 0 Å². The highest BCUT2D eigenvalue weighted by molar-refractivity contribution is 5.95. The van der Waals surface area contributed by atoms with Crippen LogP contribution in [0.15, 0.2) is 42.5 Å². The summed E-state index contributed by atoms with van der Waals surface area (Å²) in [6.45, 7) is 0.824. The Morgan fingerprint density at radius 3 is 2.17 bits per heavy atom. The fourth-order valence-corrected chi connectivity index (χ4v) is 3.18. The van der Waals surface area contributed by atoms with Crippen LogP contribution in [0.5, 0.6) is 17.2 Å². The molecule has 0 radical (unpaired) electrons. The molecule has 2 rings (SSSR count). The van der Waals surface area contributed by atoms with Crippen molar-refractivity contribution < 1.29 is 23.8 Å². The van der Waals surface area contributed by atoms with Crippen molar-refractivity contribution >= 4 is 17.5 Å².